The zero-order chi connectivity index (χ0) is 14.3. The second kappa shape index (κ2) is 7.00. The molecule has 104 valence electrons. The van der Waals surface area contributed by atoms with Crippen LogP contribution >= 0.6 is 0 Å². The minimum Gasteiger partial charge on any atom is -0.396 e. The molecule has 0 saturated carbocycles. The van der Waals surface area contributed by atoms with Gasteiger partial charge in [0, 0.05) is 18.8 Å². The van der Waals surface area contributed by atoms with Gasteiger partial charge in [-0.25, -0.2) is 0 Å². The molecule has 0 spiro atoms. The summed E-state index contributed by atoms with van der Waals surface area (Å²) in [5, 5.41) is 20.3. The van der Waals surface area contributed by atoms with E-state index in [1.54, 1.807) is 6.07 Å². The number of hydrogen-bond acceptors (Lipinski definition) is 3. The molecule has 0 amide bonds. The number of unbranched alkanes of at least 4 members (excludes halogenated alkanes) is 2. The highest BCUT2D eigenvalue weighted by atomic mass is 19.4. The molecule has 0 aliphatic rings. The van der Waals surface area contributed by atoms with E-state index in [1.807, 2.05) is 0 Å². The third-order valence-corrected chi connectivity index (χ3v) is 2.61. The fourth-order valence-electron chi connectivity index (χ4n) is 1.64. The van der Waals surface area contributed by atoms with Crippen molar-refractivity contribution in [1.82, 2.24) is 0 Å². The summed E-state index contributed by atoms with van der Waals surface area (Å²) in [5.41, 5.74) is -0.803. The molecule has 1 rings (SSSR count). The van der Waals surface area contributed by atoms with Crippen LogP contribution in [0.15, 0.2) is 18.2 Å². The van der Waals surface area contributed by atoms with E-state index in [4.69, 9.17) is 10.4 Å². The highest BCUT2D eigenvalue weighted by molar-refractivity contribution is 5.53. The predicted octanol–water partition coefficient (Wildman–Crippen LogP) is 3.15. The average Bonchev–Trinajstić information content (AvgIpc) is 2.37. The molecule has 0 unspecified atom stereocenters. The summed E-state index contributed by atoms with van der Waals surface area (Å²) >= 11 is 0. The molecule has 0 atom stereocenters. The number of benzene rings is 1. The molecule has 0 saturated heterocycles. The lowest BCUT2D eigenvalue weighted by atomic mass is 10.1. The number of nitriles is 1. The number of aliphatic hydroxyl groups is 1. The van der Waals surface area contributed by atoms with Crippen LogP contribution in [0.1, 0.15) is 30.4 Å². The maximum absolute atomic E-state index is 12.6. The molecule has 6 heteroatoms. The van der Waals surface area contributed by atoms with Crippen molar-refractivity contribution in [3.63, 3.8) is 0 Å². The zero-order valence-electron chi connectivity index (χ0n) is 10.3. The van der Waals surface area contributed by atoms with Gasteiger partial charge < -0.3 is 10.4 Å². The second-order valence-corrected chi connectivity index (χ2v) is 4.08. The van der Waals surface area contributed by atoms with Crippen molar-refractivity contribution in [2.24, 2.45) is 0 Å². The topological polar surface area (TPSA) is 56.0 Å². The van der Waals surface area contributed by atoms with E-state index in [0.29, 0.717) is 18.7 Å². The lowest BCUT2D eigenvalue weighted by Gasteiger charge is -2.11. The minimum atomic E-state index is -4.51. The predicted molar refractivity (Wildman–Crippen MR) is 65.6 cm³/mol. The number of anilines is 1. The Morgan fingerprint density at radius 1 is 1.21 bits per heavy atom. The molecule has 0 aromatic heterocycles. The lowest BCUT2D eigenvalue weighted by molar-refractivity contribution is -0.137. The highest BCUT2D eigenvalue weighted by Crippen LogP contribution is 2.32. The van der Waals surface area contributed by atoms with Crippen LogP contribution in [-0.4, -0.2) is 18.3 Å². The Hall–Kier alpha value is -1.74. The Bertz CT molecular complexity index is 452. The van der Waals surface area contributed by atoms with Gasteiger partial charge in [0.1, 0.15) is 0 Å². The van der Waals surface area contributed by atoms with E-state index in [0.717, 1.165) is 18.9 Å². The Morgan fingerprint density at radius 2 is 1.95 bits per heavy atom. The number of halogens is 3. The Morgan fingerprint density at radius 3 is 2.53 bits per heavy atom. The van der Waals surface area contributed by atoms with Crippen LogP contribution in [0.25, 0.3) is 0 Å². The molecule has 2 N–H and O–H groups in total. The van der Waals surface area contributed by atoms with E-state index >= 15 is 0 Å². The molecule has 1 aromatic rings. The summed E-state index contributed by atoms with van der Waals surface area (Å²) in [6, 6.07) is 4.99. The zero-order valence-corrected chi connectivity index (χ0v) is 10.3. The third-order valence-electron chi connectivity index (χ3n) is 2.61. The quantitative estimate of drug-likeness (QED) is 0.782. The standard InChI is InChI=1S/C13H15F3N2O/c14-13(15,16)12-5-4-11(8-10(12)9-17)18-6-2-1-3-7-19/h4-5,8,18-19H,1-3,6-7H2. The van der Waals surface area contributed by atoms with E-state index in [-0.39, 0.29) is 12.2 Å². The fourth-order valence-corrected chi connectivity index (χ4v) is 1.64. The molecule has 0 fully saturated rings. The minimum absolute atomic E-state index is 0.138. The molecule has 0 bridgehead atoms. The van der Waals surface area contributed by atoms with E-state index < -0.39 is 11.7 Å². The largest absolute Gasteiger partial charge is 0.417 e. The highest BCUT2D eigenvalue weighted by Gasteiger charge is 2.33. The summed E-state index contributed by atoms with van der Waals surface area (Å²) in [6.45, 7) is 0.731. The van der Waals surface area contributed by atoms with Gasteiger partial charge in [0.25, 0.3) is 0 Å². The number of alkyl halides is 3. The maximum Gasteiger partial charge on any atom is 0.417 e. The Labute approximate surface area is 109 Å². The van der Waals surface area contributed by atoms with Crippen molar-refractivity contribution >= 4 is 5.69 Å². The van der Waals surface area contributed by atoms with Crippen molar-refractivity contribution in [1.29, 1.82) is 5.26 Å². The van der Waals surface area contributed by atoms with E-state index in [1.165, 1.54) is 12.1 Å². The first-order chi connectivity index (χ1) is 8.99. The molecule has 19 heavy (non-hydrogen) atoms. The maximum atomic E-state index is 12.6. The Kier molecular flexibility index (Phi) is 5.64. The molecular formula is C13H15F3N2O. The molecule has 1 aromatic carbocycles. The number of nitrogens with one attached hydrogen (secondary N) is 1. The van der Waals surface area contributed by atoms with Crippen LogP contribution < -0.4 is 5.32 Å². The first kappa shape index (κ1) is 15.3. The van der Waals surface area contributed by atoms with Crippen LogP contribution in [0.5, 0.6) is 0 Å². The molecule has 0 aliphatic carbocycles. The Balaban J connectivity index is 2.65. The smallest absolute Gasteiger partial charge is 0.396 e. The van der Waals surface area contributed by atoms with Gasteiger partial charge in [0.05, 0.1) is 17.2 Å². The van der Waals surface area contributed by atoms with Gasteiger partial charge in [-0.2, -0.15) is 18.4 Å². The van der Waals surface area contributed by atoms with Gasteiger partial charge in [-0.1, -0.05) is 0 Å². The van der Waals surface area contributed by atoms with Gasteiger partial charge in [-0.3, -0.25) is 0 Å². The summed E-state index contributed by atoms with van der Waals surface area (Å²) in [4.78, 5) is 0. The van der Waals surface area contributed by atoms with Crippen molar-refractivity contribution in [3.05, 3.63) is 29.3 Å². The summed E-state index contributed by atoms with van der Waals surface area (Å²) in [6.07, 6.45) is -2.15. The molecular weight excluding hydrogens is 257 g/mol. The van der Waals surface area contributed by atoms with Crippen LogP contribution in [-0.2, 0) is 6.18 Å². The van der Waals surface area contributed by atoms with Crippen LogP contribution in [0.2, 0.25) is 0 Å². The number of aliphatic hydroxyl groups excluding tert-OH is 1. The summed E-state index contributed by atoms with van der Waals surface area (Å²) in [5.74, 6) is 0. The first-order valence-electron chi connectivity index (χ1n) is 5.95. The van der Waals surface area contributed by atoms with Gasteiger partial charge >= 0.3 is 6.18 Å². The van der Waals surface area contributed by atoms with Crippen molar-refractivity contribution in [2.75, 3.05) is 18.5 Å². The van der Waals surface area contributed by atoms with Gasteiger partial charge in [0.15, 0.2) is 0 Å². The van der Waals surface area contributed by atoms with E-state index in [2.05, 4.69) is 5.32 Å². The molecule has 0 aliphatic heterocycles. The molecule has 3 nitrogen and oxygen atoms in total. The number of hydrogen-bond donors (Lipinski definition) is 2. The van der Waals surface area contributed by atoms with Crippen LogP contribution in [0.4, 0.5) is 18.9 Å². The third kappa shape index (κ3) is 4.79. The van der Waals surface area contributed by atoms with E-state index in [9.17, 15) is 13.2 Å². The second-order valence-electron chi connectivity index (χ2n) is 4.08. The number of nitrogens with zero attached hydrogens (tertiary/aromatic N) is 1. The van der Waals surface area contributed by atoms with Gasteiger partial charge in [-0.15, -0.1) is 0 Å². The van der Waals surface area contributed by atoms with Crippen molar-refractivity contribution in [3.8, 4) is 6.07 Å². The van der Waals surface area contributed by atoms with Crippen molar-refractivity contribution < 1.29 is 18.3 Å². The summed E-state index contributed by atoms with van der Waals surface area (Å²) < 4.78 is 37.7. The van der Waals surface area contributed by atoms with Crippen LogP contribution in [0, 0.1) is 11.3 Å². The van der Waals surface area contributed by atoms with Crippen LogP contribution in [0.3, 0.4) is 0 Å². The fraction of sp³-hybridized carbons (Fsp3) is 0.462. The van der Waals surface area contributed by atoms with Crippen molar-refractivity contribution in [2.45, 2.75) is 25.4 Å². The SMILES string of the molecule is N#Cc1cc(NCCCCCO)ccc1C(F)(F)F. The number of rotatable bonds is 6. The van der Waals surface area contributed by atoms with Gasteiger partial charge in [0.2, 0.25) is 0 Å². The first-order valence-corrected chi connectivity index (χ1v) is 5.95. The van der Waals surface area contributed by atoms with Gasteiger partial charge in [-0.05, 0) is 37.5 Å². The molecule has 0 radical (unpaired) electrons. The average molecular weight is 272 g/mol. The molecule has 0 heterocycles. The monoisotopic (exact) mass is 272 g/mol. The normalized spacial score (nSPS) is 11.1. The summed E-state index contributed by atoms with van der Waals surface area (Å²) in [7, 11) is 0. The lowest BCUT2D eigenvalue weighted by Crippen LogP contribution is -2.09.